The van der Waals surface area contributed by atoms with E-state index < -0.39 is 0 Å². The largest absolute Gasteiger partial charge is 0.494 e. The SMILES string of the molecule is CCCNCC1(CCOc2cccc(Br)c2)CCCCC1. The third-order valence-corrected chi connectivity index (χ3v) is 5.03. The zero-order chi connectivity index (χ0) is 15.0. The van der Waals surface area contributed by atoms with Gasteiger partial charge in [-0.15, -0.1) is 0 Å². The minimum Gasteiger partial charge on any atom is -0.494 e. The maximum absolute atomic E-state index is 5.96. The van der Waals surface area contributed by atoms with Gasteiger partial charge in [-0.1, -0.05) is 48.2 Å². The Hall–Kier alpha value is -0.540. The summed E-state index contributed by atoms with van der Waals surface area (Å²) in [5.41, 5.74) is 0.458. The van der Waals surface area contributed by atoms with Crippen LogP contribution in [0.2, 0.25) is 0 Å². The highest BCUT2D eigenvalue weighted by molar-refractivity contribution is 9.10. The van der Waals surface area contributed by atoms with Crippen molar-refractivity contribution in [3.63, 3.8) is 0 Å². The van der Waals surface area contributed by atoms with Crippen LogP contribution >= 0.6 is 15.9 Å². The third kappa shape index (κ3) is 5.63. The van der Waals surface area contributed by atoms with Crippen LogP contribution in [0.1, 0.15) is 51.9 Å². The molecule has 0 heterocycles. The number of hydrogen-bond donors (Lipinski definition) is 1. The zero-order valence-electron chi connectivity index (χ0n) is 13.2. The molecule has 0 unspecified atom stereocenters. The second-order valence-corrected chi connectivity index (χ2v) is 7.21. The lowest BCUT2D eigenvalue weighted by Crippen LogP contribution is -2.37. The maximum Gasteiger partial charge on any atom is 0.120 e. The first-order valence-electron chi connectivity index (χ1n) is 8.33. The van der Waals surface area contributed by atoms with Gasteiger partial charge in [-0.3, -0.25) is 0 Å². The van der Waals surface area contributed by atoms with Crippen molar-refractivity contribution in [2.24, 2.45) is 5.41 Å². The van der Waals surface area contributed by atoms with E-state index in [0.717, 1.165) is 36.3 Å². The highest BCUT2D eigenvalue weighted by Crippen LogP contribution is 2.39. The van der Waals surface area contributed by atoms with Gasteiger partial charge in [0.05, 0.1) is 6.61 Å². The van der Waals surface area contributed by atoms with Crippen molar-refractivity contribution in [2.45, 2.75) is 51.9 Å². The molecule has 0 amide bonds. The standard InChI is InChI=1S/C18H28BrNO/c1-2-12-20-15-18(9-4-3-5-10-18)11-13-21-17-8-6-7-16(19)14-17/h6-8,14,20H,2-5,9-13,15H2,1H3. The molecule has 2 rings (SSSR count). The van der Waals surface area contributed by atoms with E-state index in [1.165, 1.54) is 38.5 Å². The Bertz CT molecular complexity index is 415. The zero-order valence-corrected chi connectivity index (χ0v) is 14.8. The van der Waals surface area contributed by atoms with E-state index in [4.69, 9.17) is 4.74 Å². The lowest BCUT2D eigenvalue weighted by Gasteiger charge is -2.37. The van der Waals surface area contributed by atoms with Gasteiger partial charge in [0.25, 0.3) is 0 Å². The van der Waals surface area contributed by atoms with Gasteiger partial charge in [0.1, 0.15) is 5.75 Å². The minimum atomic E-state index is 0.458. The first-order chi connectivity index (χ1) is 10.2. The lowest BCUT2D eigenvalue weighted by atomic mass is 9.72. The Labute approximate surface area is 137 Å². The van der Waals surface area contributed by atoms with Crippen LogP contribution < -0.4 is 10.1 Å². The summed E-state index contributed by atoms with van der Waals surface area (Å²) in [7, 11) is 0. The quantitative estimate of drug-likeness (QED) is 0.651. The fourth-order valence-electron chi connectivity index (χ4n) is 3.29. The molecular formula is C18H28BrNO. The topological polar surface area (TPSA) is 21.3 Å². The Morgan fingerprint density at radius 2 is 2.05 bits per heavy atom. The van der Waals surface area contributed by atoms with E-state index in [1.807, 2.05) is 24.3 Å². The molecule has 1 aromatic rings. The van der Waals surface area contributed by atoms with Gasteiger partial charge in [0.2, 0.25) is 0 Å². The fraction of sp³-hybridized carbons (Fsp3) is 0.667. The second-order valence-electron chi connectivity index (χ2n) is 6.29. The Morgan fingerprint density at radius 3 is 2.76 bits per heavy atom. The molecule has 0 aliphatic heterocycles. The van der Waals surface area contributed by atoms with E-state index in [1.54, 1.807) is 0 Å². The Balaban J connectivity index is 1.83. The average molecular weight is 354 g/mol. The molecule has 0 atom stereocenters. The van der Waals surface area contributed by atoms with E-state index in [-0.39, 0.29) is 0 Å². The molecule has 1 fully saturated rings. The van der Waals surface area contributed by atoms with Crippen LogP contribution in [0.15, 0.2) is 28.7 Å². The maximum atomic E-state index is 5.96. The van der Waals surface area contributed by atoms with Gasteiger partial charge in [0, 0.05) is 11.0 Å². The third-order valence-electron chi connectivity index (χ3n) is 4.54. The summed E-state index contributed by atoms with van der Waals surface area (Å²) in [6.07, 6.45) is 9.25. The van der Waals surface area contributed by atoms with Crippen LogP contribution in [0, 0.1) is 5.41 Å². The number of ether oxygens (including phenoxy) is 1. The van der Waals surface area contributed by atoms with E-state index in [9.17, 15) is 0 Å². The van der Waals surface area contributed by atoms with Crippen molar-refractivity contribution in [3.8, 4) is 5.75 Å². The summed E-state index contributed by atoms with van der Waals surface area (Å²) in [5, 5.41) is 3.64. The summed E-state index contributed by atoms with van der Waals surface area (Å²) >= 11 is 3.49. The van der Waals surface area contributed by atoms with Crippen molar-refractivity contribution in [3.05, 3.63) is 28.7 Å². The van der Waals surface area contributed by atoms with Crippen molar-refractivity contribution in [1.82, 2.24) is 5.32 Å². The predicted molar refractivity (Wildman–Crippen MR) is 92.9 cm³/mol. The molecule has 0 saturated heterocycles. The van der Waals surface area contributed by atoms with Crippen LogP contribution in [0.4, 0.5) is 0 Å². The highest BCUT2D eigenvalue weighted by atomic mass is 79.9. The smallest absolute Gasteiger partial charge is 0.120 e. The molecule has 1 N–H and O–H groups in total. The molecule has 0 spiro atoms. The first-order valence-corrected chi connectivity index (χ1v) is 9.12. The number of halogens is 1. The van der Waals surface area contributed by atoms with Crippen molar-refractivity contribution < 1.29 is 4.74 Å². The number of nitrogens with one attached hydrogen (secondary N) is 1. The van der Waals surface area contributed by atoms with Crippen molar-refractivity contribution >= 4 is 15.9 Å². The van der Waals surface area contributed by atoms with E-state index in [0.29, 0.717) is 5.41 Å². The molecule has 0 radical (unpaired) electrons. The Morgan fingerprint density at radius 1 is 1.24 bits per heavy atom. The van der Waals surface area contributed by atoms with Crippen LogP contribution in [-0.2, 0) is 0 Å². The molecule has 118 valence electrons. The summed E-state index contributed by atoms with van der Waals surface area (Å²) in [4.78, 5) is 0. The molecule has 1 saturated carbocycles. The molecule has 0 aromatic heterocycles. The van der Waals surface area contributed by atoms with Gasteiger partial charge < -0.3 is 10.1 Å². The van der Waals surface area contributed by atoms with Gasteiger partial charge in [0.15, 0.2) is 0 Å². The molecule has 21 heavy (non-hydrogen) atoms. The van der Waals surface area contributed by atoms with Crippen LogP contribution in [0.5, 0.6) is 5.75 Å². The molecule has 1 aliphatic rings. The van der Waals surface area contributed by atoms with Gasteiger partial charge in [-0.05, 0) is 55.8 Å². The minimum absolute atomic E-state index is 0.458. The Kier molecular flexibility index (Phi) is 7.05. The summed E-state index contributed by atoms with van der Waals surface area (Å²) in [6.45, 7) is 5.35. The van der Waals surface area contributed by atoms with Crippen molar-refractivity contribution in [2.75, 3.05) is 19.7 Å². The van der Waals surface area contributed by atoms with E-state index in [2.05, 4.69) is 28.2 Å². The van der Waals surface area contributed by atoms with Crippen LogP contribution in [-0.4, -0.2) is 19.7 Å². The van der Waals surface area contributed by atoms with Gasteiger partial charge >= 0.3 is 0 Å². The molecule has 3 heteroatoms. The number of hydrogen-bond acceptors (Lipinski definition) is 2. The summed E-state index contributed by atoms with van der Waals surface area (Å²) in [6, 6.07) is 8.14. The lowest BCUT2D eigenvalue weighted by molar-refractivity contribution is 0.134. The van der Waals surface area contributed by atoms with Gasteiger partial charge in [-0.2, -0.15) is 0 Å². The summed E-state index contributed by atoms with van der Waals surface area (Å²) in [5.74, 6) is 0.969. The molecule has 1 aromatic carbocycles. The molecular weight excluding hydrogens is 326 g/mol. The van der Waals surface area contributed by atoms with Crippen LogP contribution in [0.25, 0.3) is 0 Å². The van der Waals surface area contributed by atoms with Gasteiger partial charge in [-0.25, -0.2) is 0 Å². The number of benzene rings is 1. The number of rotatable bonds is 8. The fourth-order valence-corrected chi connectivity index (χ4v) is 3.67. The summed E-state index contributed by atoms with van der Waals surface area (Å²) < 4.78 is 7.04. The van der Waals surface area contributed by atoms with E-state index >= 15 is 0 Å². The normalized spacial score (nSPS) is 17.6. The molecule has 1 aliphatic carbocycles. The average Bonchev–Trinajstić information content (AvgIpc) is 2.49. The monoisotopic (exact) mass is 353 g/mol. The van der Waals surface area contributed by atoms with Crippen molar-refractivity contribution in [1.29, 1.82) is 0 Å². The molecule has 2 nitrogen and oxygen atoms in total. The van der Waals surface area contributed by atoms with Crippen LogP contribution in [0.3, 0.4) is 0 Å². The first kappa shape index (κ1) is 16.8. The molecule has 0 bridgehead atoms. The second kappa shape index (κ2) is 8.79. The highest BCUT2D eigenvalue weighted by Gasteiger charge is 2.31. The predicted octanol–water partition coefficient (Wildman–Crippen LogP) is 5.17.